The molecule has 0 unspecified atom stereocenters. The fourth-order valence-electron chi connectivity index (χ4n) is 3.53. The van der Waals surface area contributed by atoms with Crippen molar-refractivity contribution in [2.24, 2.45) is 4.99 Å². The van der Waals surface area contributed by atoms with Gasteiger partial charge in [-0.25, -0.2) is 4.79 Å². The molecule has 21 heavy (non-hydrogen) atoms. The van der Waals surface area contributed by atoms with Crippen LogP contribution in [0, 0.1) is 0 Å². The highest BCUT2D eigenvalue weighted by Crippen LogP contribution is 2.51. The largest absolute Gasteiger partial charge is 0.486 e. The third-order valence-corrected chi connectivity index (χ3v) is 4.69. The molecule has 0 spiro atoms. The molecule has 0 N–H and O–H groups in total. The SMILES string of the molecule is CCc1c2c(cc(Cl)c1C1(N=C=O)CCCC1)OCCO2. The topological polar surface area (TPSA) is 47.9 Å². The van der Waals surface area contributed by atoms with Crippen molar-refractivity contribution in [1.82, 2.24) is 0 Å². The maximum atomic E-state index is 10.9. The van der Waals surface area contributed by atoms with Gasteiger partial charge in [0.15, 0.2) is 11.5 Å². The molecule has 5 heteroatoms. The smallest absolute Gasteiger partial charge is 0.235 e. The molecule has 0 saturated heterocycles. The van der Waals surface area contributed by atoms with Crippen LogP contribution >= 0.6 is 11.6 Å². The van der Waals surface area contributed by atoms with Gasteiger partial charge >= 0.3 is 0 Å². The minimum atomic E-state index is -0.542. The first kappa shape index (κ1) is 14.4. The molecule has 2 aliphatic rings. The average Bonchev–Trinajstić information content (AvgIpc) is 2.95. The molecule has 1 aliphatic heterocycles. The van der Waals surface area contributed by atoms with Gasteiger partial charge in [0.05, 0.1) is 5.02 Å². The summed E-state index contributed by atoms with van der Waals surface area (Å²) in [5, 5.41) is 0.608. The number of benzene rings is 1. The summed E-state index contributed by atoms with van der Waals surface area (Å²) >= 11 is 6.53. The first-order valence-corrected chi connectivity index (χ1v) is 7.80. The summed E-state index contributed by atoms with van der Waals surface area (Å²) in [5.74, 6) is 1.45. The Morgan fingerprint density at radius 2 is 2.05 bits per heavy atom. The van der Waals surface area contributed by atoms with Crippen LogP contribution in [0.25, 0.3) is 0 Å². The molecule has 0 bridgehead atoms. The van der Waals surface area contributed by atoms with Gasteiger partial charge in [-0.15, -0.1) is 0 Å². The molecule has 1 aromatic carbocycles. The van der Waals surface area contributed by atoms with Gasteiger partial charge in [-0.3, -0.25) is 0 Å². The van der Waals surface area contributed by atoms with Crippen LogP contribution in [0.1, 0.15) is 43.7 Å². The number of halogens is 1. The van der Waals surface area contributed by atoms with Crippen LogP contribution in [0.4, 0.5) is 0 Å². The molecule has 1 fully saturated rings. The van der Waals surface area contributed by atoms with E-state index in [-0.39, 0.29) is 0 Å². The number of aliphatic imine (C=N–C) groups is 1. The Kier molecular flexibility index (Phi) is 3.92. The normalized spacial score (nSPS) is 19.1. The van der Waals surface area contributed by atoms with E-state index in [2.05, 4.69) is 11.9 Å². The third kappa shape index (κ3) is 2.33. The second-order valence-corrected chi connectivity index (χ2v) is 5.94. The zero-order valence-electron chi connectivity index (χ0n) is 12.1. The second kappa shape index (κ2) is 5.70. The maximum absolute atomic E-state index is 10.9. The standard InChI is InChI=1S/C16H18ClNO3/c1-2-11-14(16(18-10-19)5-3-4-6-16)12(17)9-13-15(11)21-8-7-20-13/h9H,2-8H2,1H3. The van der Waals surface area contributed by atoms with Gasteiger partial charge in [0.25, 0.3) is 0 Å². The van der Waals surface area contributed by atoms with Crippen molar-refractivity contribution < 1.29 is 14.3 Å². The predicted octanol–water partition coefficient (Wildman–Crippen LogP) is 3.78. The van der Waals surface area contributed by atoms with Crippen molar-refractivity contribution >= 4 is 17.7 Å². The van der Waals surface area contributed by atoms with Gasteiger partial charge in [-0.1, -0.05) is 31.4 Å². The van der Waals surface area contributed by atoms with E-state index in [0.29, 0.717) is 24.0 Å². The number of fused-ring (bicyclic) bond motifs is 1. The Balaban J connectivity index is 2.23. The fraction of sp³-hybridized carbons (Fsp3) is 0.562. The number of hydrogen-bond acceptors (Lipinski definition) is 4. The van der Waals surface area contributed by atoms with Gasteiger partial charge < -0.3 is 9.47 Å². The summed E-state index contributed by atoms with van der Waals surface area (Å²) in [6.07, 6.45) is 6.25. The molecule has 1 aromatic rings. The van der Waals surface area contributed by atoms with E-state index in [0.717, 1.165) is 49.0 Å². The van der Waals surface area contributed by atoms with E-state index in [1.807, 2.05) is 0 Å². The lowest BCUT2D eigenvalue weighted by atomic mass is 9.84. The molecule has 0 aromatic heterocycles. The number of rotatable bonds is 3. The molecule has 1 saturated carbocycles. The first-order valence-electron chi connectivity index (χ1n) is 7.42. The van der Waals surface area contributed by atoms with E-state index in [1.165, 1.54) is 0 Å². The lowest BCUT2D eigenvalue weighted by Crippen LogP contribution is -2.24. The summed E-state index contributed by atoms with van der Waals surface area (Å²) < 4.78 is 11.4. The Labute approximate surface area is 129 Å². The number of ether oxygens (including phenoxy) is 2. The van der Waals surface area contributed by atoms with E-state index >= 15 is 0 Å². The molecular formula is C16H18ClNO3. The summed E-state index contributed by atoms with van der Waals surface area (Å²) in [5.41, 5.74) is 1.40. The van der Waals surface area contributed by atoms with Crippen molar-refractivity contribution in [1.29, 1.82) is 0 Å². The molecular weight excluding hydrogens is 290 g/mol. The quantitative estimate of drug-likeness (QED) is 0.630. The third-order valence-electron chi connectivity index (χ3n) is 4.39. The monoisotopic (exact) mass is 307 g/mol. The minimum absolute atomic E-state index is 0.531. The number of nitrogens with zero attached hydrogens (tertiary/aromatic N) is 1. The average molecular weight is 308 g/mol. The van der Waals surface area contributed by atoms with Crippen LogP contribution in [-0.2, 0) is 16.8 Å². The van der Waals surface area contributed by atoms with Crippen LogP contribution in [0.3, 0.4) is 0 Å². The van der Waals surface area contributed by atoms with Crippen molar-refractivity contribution in [3.63, 3.8) is 0 Å². The number of carbonyl (C=O) groups excluding carboxylic acids is 1. The van der Waals surface area contributed by atoms with Crippen LogP contribution in [0.5, 0.6) is 11.5 Å². The molecule has 0 atom stereocenters. The van der Waals surface area contributed by atoms with Crippen molar-refractivity contribution in [2.45, 2.75) is 44.6 Å². The van der Waals surface area contributed by atoms with Gasteiger partial charge in [0.2, 0.25) is 6.08 Å². The van der Waals surface area contributed by atoms with Crippen molar-refractivity contribution in [3.05, 3.63) is 22.2 Å². The number of isocyanates is 1. The maximum Gasteiger partial charge on any atom is 0.235 e. The molecule has 1 aliphatic carbocycles. The van der Waals surface area contributed by atoms with Crippen LogP contribution < -0.4 is 9.47 Å². The van der Waals surface area contributed by atoms with E-state index in [4.69, 9.17) is 21.1 Å². The lowest BCUT2D eigenvalue weighted by molar-refractivity contribution is 0.169. The van der Waals surface area contributed by atoms with Gasteiger partial charge in [-0.2, -0.15) is 4.99 Å². The van der Waals surface area contributed by atoms with Gasteiger partial charge in [0.1, 0.15) is 18.8 Å². The zero-order chi connectivity index (χ0) is 14.9. The lowest BCUT2D eigenvalue weighted by Gasteiger charge is -2.30. The summed E-state index contributed by atoms with van der Waals surface area (Å²) in [4.78, 5) is 15.1. The van der Waals surface area contributed by atoms with Crippen LogP contribution in [0.2, 0.25) is 5.02 Å². The van der Waals surface area contributed by atoms with Crippen LogP contribution in [0.15, 0.2) is 11.1 Å². The predicted molar refractivity (Wildman–Crippen MR) is 80.1 cm³/mol. The highest BCUT2D eigenvalue weighted by Gasteiger charge is 2.40. The van der Waals surface area contributed by atoms with Gasteiger partial charge in [0, 0.05) is 17.2 Å². The zero-order valence-corrected chi connectivity index (χ0v) is 12.8. The molecule has 0 amide bonds. The van der Waals surface area contributed by atoms with Crippen LogP contribution in [-0.4, -0.2) is 19.3 Å². The Morgan fingerprint density at radius 1 is 1.33 bits per heavy atom. The van der Waals surface area contributed by atoms with E-state index < -0.39 is 5.54 Å². The Bertz CT molecular complexity index is 602. The first-order chi connectivity index (χ1) is 10.2. The molecule has 4 nitrogen and oxygen atoms in total. The van der Waals surface area contributed by atoms with Gasteiger partial charge in [-0.05, 0) is 19.3 Å². The van der Waals surface area contributed by atoms with Crippen molar-refractivity contribution in [3.8, 4) is 11.5 Å². The molecule has 112 valence electrons. The highest BCUT2D eigenvalue weighted by molar-refractivity contribution is 6.31. The fourth-order valence-corrected chi connectivity index (χ4v) is 3.91. The Hall–Kier alpha value is -1.51. The molecule has 3 rings (SSSR count). The van der Waals surface area contributed by atoms with Crippen molar-refractivity contribution in [2.75, 3.05) is 13.2 Å². The number of hydrogen-bond donors (Lipinski definition) is 0. The van der Waals surface area contributed by atoms with E-state index in [9.17, 15) is 4.79 Å². The summed E-state index contributed by atoms with van der Waals surface area (Å²) in [7, 11) is 0. The summed E-state index contributed by atoms with van der Waals surface area (Å²) in [6, 6.07) is 1.80. The second-order valence-electron chi connectivity index (χ2n) is 5.53. The highest BCUT2D eigenvalue weighted by atomic mass is 35.5. The Morgan fingerprint density at radius 3 is 2.71 bits per heavy atom. The van der Waals surface area contributed by atoms with E-state index in [1.54, 1.807) is 12.1 Å². The molecule has 1 heterocycles. The minimum Gasteiger partial charge on any atom is -0.486 e. The summed E-state index contributed by atoms with van der Waals surface area (Å²) in [6.45, 7) is 3.12. The molecule has 0 radical (unpaired) electrons.